The van der Waals surface area contributed by atoms with Crippen LogP contribution in [0.3, 0.4) is 0 Å². The molecule has 0 aromatic heterocycles. The Morgan fingerprint density at radius 1 is 1.07 bits per heavy atom. The van der Waals surface area contributed by atoms with Gasteiger partial charge in [-0.2, -0.15) is 0 Å². The first kappa shape index (κ1) is 21.5. The Kier molecular flexibility index (Phi) is 7.80. The van der Waals surface area contributed by atoms with Crippen LogP contribution in [0.2, 0.25) is 0 Å². The second kappa shape index (κ2) is 10.5. The highest BCUT2D eigenvalue weighted by molar-refractivity contribution is 5.40. The van der Waals surface area contributed by atoms with E-state index < -0.39 is 17.7 Å². The number of benzene rings is 2. The van der Waals surface area contributed by atoms with Crippen LogP contribution in [0, 0.1) is 11.6 Å². The Labute approximate surface area is 170 Å². The van der Waals surface area contributed by atoms with Gasteiger partial charge in [-0.05, 0) is 38.1 Å². The van der Waals surface area contributed by atoms with Crippen LogP contribution in [0.5, 0.6) is 11.5 Å². The van der Waals surface area contributed by atoms with E-state index >= 15 is 0 Å². The van der Waals surface area contributed by atoms with Gasteiger partial charge in [-0.1, -0.05) is 12.1 Å². The highest BCUT2D eigenvalue weighted by atomic mass is 19.1. The lowest BCUT2D eigenvalue weighted by Gasteiger charge is -2.20. The van der Waals surface area contributed by atoms with Crippen LogP contribution in [0.25, 0.3) is 0 Å². The number of halogens is 2. The van der Waals surface area contributed by atoms with E-state index in [0.717, 1.165) is 24.7 Å². The maximum absolute atomic E-state index is 13.8. The predicted molar refractivity (Wildman–Crippen MR) is 107 cm³/mol. The summed E-state index contributed by atoms with van der Waals surface area (Å²) >= 11 is 0. The van der Waals surface area contributed by atoms with Gasteiger partial charge in [-0.15, -0.1) is 0 Å². The third-order valence-electron chi connectivity index (χ3n) is 5.02. The van der Waals surface area contributed by atoms with Gasteiger partial charge in [0.05, 0.1) is 7.11 Å². The quantitative estimate of drug-likeness (QED) is 0.635. The number of nitrogens with zero attached hydrogens (tertiary/aromatic N) is 1. The maximum atomic E-state index is 13.8. The number of nitrogens with one attached hydrogen (secondary N) is 1. The first-order valence-corrected chi connectivity index (χ1v) is 9.90. The third kappa shape index (κ3) is 6.39. The minimum Gasteiger partial charge on any atom is -0.497 e. The molecule has 5 nitrogen and oxygen atoms in total. The Bertz CT molecular complexity index is 798. The average Bonchev–Trinajstić information content (AvgIpc) is 3.21. The average molecular weight is 406 g/mol. The Morgan fingerprint density at radius 2 is 1.79 bits per heavy atom. The molecule has 3 rings (SSSR count). The molecule has 1 saturated heterocycles. The number of aliphatic hydroxyl groups is 1. The summed E-state index contributed by atoms with van der Waals surface area (Å²) in [5.41, 5.74) is 1.25. The van der Waals surface area contributed by atoms with Crippen LogP contribution in [0.15, 0.2) is 36.4 Å². The highest BCUT2D eigenvalue weighted by Gasteiger charge is 2.17. The zero-order valence-corrected chi connectivity index (χ0v) is 16.7. The Balaban J connectivity index is 1.57. The molecule has 1 atom stereocenters. The van der Waals surface area contributed by atoms with E-state index in [0.29, 0.717) is 30.2 Å². The summed E-state index contributed by atoms with van der Waals surface area (Å²) in [5, 5.41) is 13.4. The number of likely N-dealkylation sites (tertiary alicyclic amines) is 1. The second-order valence-corrected chi connectivity index (χ2v) is 7.29. The van der Waals surface area contributed by atoms with Crippen molar-refractivity contribution in [3.05, 3.63) is 59.2 Å². The molecule has 1 aliphatic heterocycles. The summed E-state index contributed by atoms with van der Waals surface area (Å²) in [6, 6.07) is 9.01. The third-order valence-corrected chi connectivity index (χ3v) is 5.02. The molecule has 0 radical (unpaired) electrons. The van der Waals surface area contributed by atoms with E-state index in [-0.39, 0.29) is 13.2 Å². The molecule has 2 aromatic carbocycles. The van der Waals surface area contributed by atoms with Crippen molar-refractivity contribution in [1.82, 2.24) is 10.2 Å². The zero-order chi connectivity index (χ0) is 20.6. The monoisotopic (exact) mass is 406 g/mol. The molecule has 1 aliphatic rings. The maximum Gasteiger partial charge on any atom is 0.130 e. The fraction of sp³-hybridized carbons (Fsp3) is 0.455. The van der Waals surface area contributed by atoms with Crippen LogP contribution < -0.4 is 14.8 Å². The summed E-state index contributed by atoms with van der Waals surface area (Å²) in [7, 11) is 1.58. The van der Waals surface area contributed by atoms with Crippen LogP contribution in [-0.2, 0) is 13.1 Å². The van der Waals surface area contributed by atoms with Gasteiger partial charge < -0.3 is 24.8 Å². The molecule has 7 heteroatoms. The minimum atomic E-state index is -0.593. The molecule has 0 bridgehead atoms. The Hall–Kier alpha value is -2.22. The van der Waals surface area contributed by atoms with E-state index in [1.54, 1.807) is 13.2 Å². The first-order valence-electron chi connectivity index (χ1n) is 9.90. The summed E-state index contributed by atoms with van der Waals surface area (Å²) in [4.78, 5) is 2.24. The van der Waals surface area contributed by atoms with Crippen molar-refractivity contribution in [1.29, 1.82) is 0 Å². The predicted octanol–water partition coefficient (Wildman–Crippen LogP) is 3.10. The Morgan fingerprint density at radius 3 is 2.52 bits per heavy atom. The lowest BCUT2D eigenvalue weighted by Crippen LogP contribution is -2.33. The molecule has 2 N–H and O–H groups in total. The molecule has 0 aliphatic carbocycles. The van der Waals surface area contributed by atoms with Crippen molar-refractivity contribution in [2.45, 2.75) is 32.0 Å². The lowest BCUT2D eigenvalue weighted by molar-refractivity contribution is 0.0753. The smallest absolute Gasteiger partial charge is 0.130 e. The molecule has 0 spiro atoms. The fourth-order valence-electron chi connectivity index (χ4n) is 3.44. The molecule has 1 unspecified atom stereocenters. The molecular formula is C22H28F2N2O3. The number of aliphatic hydroxyl groups excluding tert-OH is 1. The van der Waals surface area contributed by atoms with Crippen molar-refractivity contribution in [3.63, 3.8) is 0 Å². The SMILES string of the molecule is COc1ccc(CNCc2ccc(F)cc2F)c(OCC(O)CN2CCCC2)c1. The molecule has 158 valence electrons. The van der Waals surface area contributed by atoms with Gasteiger partial charge in [0.25, 0.3) is 0 Å². The normalized spacial score (nSPS) is 15.4. The van der Waals surface area contributed by atoms with Gasteiger partial charge in [-0.25, -0.2) is 8.78 Å². The summed E-state index contributed by atoms with van der Waals surface area (Å²) in [6.07, 6.45) is 1.77. The molecule has 1 heterocycles. The summed E-state index contributed by atoms with van der Waals surface area (Å²) < 4.78 is 37.9. The molecule has 0 saturated carbocycles. The largest absolute Gasteiger partial charge is 0.497 e. The van der Waals surface area contributed by atoms with Gasteiger partial charge in [0, 0.05) is 42.9 Å². The van der Waals surface area contributed by atoms with Crippen molar-refractivity contribution in [3.8, 4) is 11.5 Å². The number of rotatable bonds is 10. The van der Waals surface area contributed by atoms with E-state index in [9.17, 15) is 13.9 Å². The van der Waals surface area contributed by atoms with Crippen molar-refractivity contribution >= 4 is 0 Å². The van der Waals surface area contributed by atoms with Gasteiger partial charge in [0.15, 0.2) is 0 Å². The van der Waals surface area contributed by atoms with Crippen LogP contribution in [-0.4, -0.2) is 49.5 Å². The fourth-order valence-corrected chi connectivity index (χ4v) is 3.44. The van der Waals surface area contributed by atoms with E-state index in [1.165, 1.54) is 25.0 Å². The summed E-state index contributed by atoms with van der Waals surface area (Å²) in [5.74, 6) is 0.0950. The first-order chi connectivity index (χ1) is 14.0. The van der Waals surface area contributed by atoms with Gasteiger partial charge in [0.2, 0.25) is 0 Å². The van der Waals surface area contributed by atoms with E-state index in [2.05, 4.69) is 10.2 Å². The molecule has 2 aromatic rings. The van der Waals surface area contributed by atoms with Gasteiger partial charge in [-0.3, -0.25) is 0 Å². The van der Waals surface area contributed by atoms with Crippen LogP contribution in [0.4, 0.5) is 8.78 Å². The van der Waals surface area contributed by atoms with Crippen molar-refractivity contribution in [2.75, 3.05) is 33.4 Å². The van der Waals surface area contributed by atoms with Crippen molar-refractivity contribution in [2.24, 2.45) is 0 Å². The van der Waals surface area contributed by atoms with Gasteiger partial charge >= 0.3 is 0 Å². The van der Waals surface area contributed by atoms with Crippen molar-refractivity contribution < 1.29 is 23.4 Å². The zero-order valence-electron chi connectivity index (χ0n) is 16.7. The lowest BCUT2D eigenvalue weighted by atomic mass is 10.1. The number of hydrogen-bond donors (Lipinski definition) is 2. The number of methoxy groups -OCH3 is 1. The van der Waals surface area contributed by atoms with E-state index in [4.69, 9.17) is 9.47 Å². The van der Waals surface area contributed by atoms with Crippen LogP contribution >= 0.6 is 0 Å². The molecular weight excluding hydrogens is 378 g/mol. The second-order valence-electron chi connectivity index (χ2n) is 7.29. The standard InChI is InChI=1S/C22H28F2N2O3/c1-28-20-7-5-17(13-25-12-16-4-6-18(23)10-21(16)24)22(11-20)29-15-19(27)14-26-8-2-3-9-26/h4-7,10-11,19,25,27H,2-3,8-9,12-15H2,1H3. The summed E-state index contributed by atoms with van der Waals surface area (Å²) in [6.45, 7) is 3.51. The van der Waals surface area contributed by atoms with Crippen LogP contribution in [0.1, 0.15) is 24.0 Å². The topological polar surface area (TPSA) is 54.0 Å². The number of β-amino-alcohol motifs (C(OH)–C–C–N with tert-alkyl or cyclic N) is 1. The number of hydrogen-bond acceptors (Lipinski definition) is 5. The molecule has 0 amide bonds. The minimum absolute atomic E-state index is 0.184. The van der Waals surface area contributed by atoms with Gasteiger partial charge in [0.1, 0.15) is 35.8 Å². The highest BCUT2D eigenvalue weighted by Crippen LogP contribution is 2.25. The van der Waals surface area contributed by atoms with E-state index in [1.807, 2.05) is 12.1 Å². The molecule has 1 fully saturated rings. The molecule has 29 heavy (non-hydrogen) atoms. The number of ether oxygens (including phenoxy) is 2.